The van der Waals surface area contributed by atoms with E-state index in [4.69, 9.17) is 0 Å². The topological polar surface area (TPSA) is 0 Å². The van der Waals surface area contributed by atoms with Crippen molar-refractivity contribution in [2.24, 2.45) is 0 Å². The molecule has 0 amide bonds. The second kappa shape index (κ2) is 5.34. The van der Waals surface area contributed by atoms with Crippen LogP contribution in [-0.2, 0) is 4.75 Å². The summed E-state index contributed by atoms with van der Waals surface area (Å²) in [6.45, 7) is 0. The third-order valence-corrected chi connectivity index (χ3v) is 9.76. The van der Waals surface area contributed by atoms with Crippen LogP contribution in [0.25, 0.3) is 22.3 Å². The fourth-order valence-corrected chi connectivity index (χ4v) is 9.19. The van der Waals surface area contributed by atoms with Crippen molar-refractivity contribution in [1.82, 2.24) is 0 Å². The van der Waals surface area contributed by atoms with Gasteiger partial charge >= 0.3 is 0 Å². The van der Waals surface area contributed by atoms with E-state index in [1.54, 1.807) is 0 Å². The van der Waals surface area contributed by atoms with E-state index < -0.39 is 0 Å². The van der Waals surface area contributed by atoms with Crippen molar-refractivity contribution in [2.45, 2.75) is 10.00 Å². The van der Waals surface area contributed by atoms with Crippen molar-refractivity contribution in [3.8, 4) is 22.3 Å². The molecule has 0 aromatic heterocycles. The van der Waals surface area contributed by atoms with Gasteiger partial charge in [-0.1, -0.05) is 113 Å². The summed E-state index contributed by atoms with van der Waals surface area (Å²) in [6.07, 6.45) is 0. The van der Waals surface area contributed by atoms with Gasteiger partial charge in [0.2, 0.25) is 0 Å². The maximum atomic E-state index is 2.38. The molecule has 0 fully saturated rings. The molecule has 1 unspecified atom stereocenters. The third-order valence-electron chi connectivity index (χ3n) is 6.45. The molecule has 1 atom stereocenters. The average molecular weight is 393 g/mol. The Balaban J connectivity index is 1.61. The molecular formula is C26H16S2. The van der Waals surface area contributed by atoms with Crippen LogP contribution in [0.3, 0.4) is 0 Å². The summed E-state index contributed by atoms with van der Waals surface area (Å²) in [5.41, 5.74) is 13.0. The van der Waals surface area contributed by atoms with Crippen molar-refractivity contribution in [1.29, 1.82) is 0 Å². The van der Waals surface area contributed by atoms with E-state index in [0.29, 0.717) is 5.25 Å². The predicted molar refractivity (Wildman–Crippen MR) is 121 cm³/mol. The molecule has 2 heteroatoms. The molecule has 0 saturated heterocycles. The zero-order valence-corrected chi connectivity index (χ0v) is 16.7. The molecule has 132 valence electrons. The molecular weight excluding hydrogens is 376 g/mol. The Kier molecular flexibility index (Phi) is 2.96. The molecule has 0 radical (unpaired) electrons. The van der Waals surface area contributed by atoms with Gasteiger partial charge in [0, 0.05) is 0 Å². The molecule has 1 spiro atoms. The number of rotatable bonds is 0. The quantitative estimate of drug-likeness (QED) is 0.285. The fraction of sp³-hybridized carbons (Fsp3) is 0.0769. The second-order valence-electron chi connectivity index (χ2n) is 7.69. The van der Waals surface area contributed by atoms with E-state index in [1.165, 1.54) is 50.1 Å². The monoisotopic (exact) mass is 392 g/mol. The maximum absolute atomic E-state index is 2.38. The lowest BCUT2D eigenvalue weighted by molar-refractivity contribution is 0.907. The predicted octanol–water partition coefficient (Wildman–Crippen LogP) is 7.42. The van der Waals surface area contributed by atoms with E-state index in [2.05, 4.69) is 91.0 Å². The van der Waals surface area contributed by atoms with E-state index in [-0.39, 0.29) is 4.75 Å². The Labute approximate surface area is 172 Å². The van der Waals surface area contributed by atoms with Crippen molar-refractivity contribution >= 4 is 21.6 Å². The van der Waals surface area contributed by atoms with Gasteiger partial charge in [0.15, 0.2) is 0 Å². The summed E-state index contributed by atoms with van der Waals surface area (Å²) in [4.78, 5) is 0. The van der Waals surface area contributed by atoms with Gasteiger partial charge in [0.1, 0.15) is 4.75 Å². The first-order valence-corrected chi connectivity index (χ1v) is 11.9. The molecule has 1 aliphatic heterocycles. The van der Waals surface area contributed by atoms with Gasteiger partial charge in [0.05, 0.1) is 5.25 Å². The molecule has 7 rings (SSSR count). The molecule has 2 aliphatic carbocycles. The van der Waals surface area contributed by atoms with Gasteiger partial charge in [-0.25, -0.2) is 0 Å². The maximum Gasteiger partial charge on any atom is 0.103 e. The van der Waals surface area contributed by atoms with Crippen LogP contribution in [0.15, 0.2) is 91.0 Å². The van der Waals surface area contributed by atoms with Crippen molar-refractivity contribution < 1.29 is 0 Å². The Bertz CT molecular complexity index is 1240. The van der Waals surface area contributed by atoms with Gasteiger partial charge < -0.3 is 0 Å². The summed E-state index contributed by atoms with van der Waals surface area (Å²) in [7, 11) is 4.09. The highest BCUT2D eigenvalue weighted by molar-refractivity contribution is 8.77. The molecule has 0 saturated carbocycles. The molecule has 4 aromatic carbocycles. The molecule has 0 bridgehead atoms. The minimum atomic E-state index is -0.123. The third kappa shape index (κ3) is 1.68. The highest BCUT2D eigenvalue weighted by atomic mass is 33.1. The summed E-state index contributed by atoms with van der Waals surface area (Å²) < 4.78 is -0.123. The number of fused-ring (bicyclic) bond motifs is 9. The fourth-order valence-electron chi connectivity index (χ4n) is 5.36. The van der Waals surface area contributed by atoms with Crippen LogP contribution < -0.4 is 0 Å². The Hall–Kier alpha value is -2.42. The first-order chi connectivity index (χ1) is 13.9. The van der Waals surface area contributed by atoms with Crippen LogP contribution in [0.1, 0.15) is 33.1 Å². The number of hydrogen-bond acceptors (Lipinski definition) is 2. The lowest BCUT2D eigenvalue weighted by Gasteiger charge is -2.39. The standard InChI is InChI=1S/C26H16S2/c1-2-11-20-16(8-1)19-12-7-15-23-24(19)25(20)27-28-26(23)21-13-5-3-9-17(21)18-10-4-6-14-22(18)26/h1-15,25H. The zero-order valence-electron chi connectivity index (χ0n) is 15.1. The Morgan fingerprint density at radius 3 is 1.86 bits per heavy atom. The smallest absolute Gasteiger partial charge is 0.0794 e. The molecule has 0 N–H and O–H groups in total. The molecule has 3 aliphatic rings. The van der Waals surface area contributed by atoms with E-state index in [9.17, 15) is 0 Å². The minimum absolute atomic E-state index is 0.123. The van der Waals surface area contributed by atoms with Crippen molar-refractivity contribution in [3.05, 3.63) is 119 Å². The lowest BCUT2D eigenvalue weighted by Crippen LogP contribution is -2.26. The largest absolute Gasteiger partial charge is 0.103 e. The highest BCUT2D eigenvalue weighted by Crippen LogP contribution is 2.71. The van der Waals surface area contributed by atoms with Crippen LogP contribution in [0.4, 0.5) is 0 Å². The van der Waals surface area contributed by atoms with Crippen LogP contribution in [-0.4, -0.2) is 0 Å². The Morgan fingerprint density at radius 1 is 0.536 bits per heavy atom. The van der Waals surface area contributed by atoms with Gasteiger partial charge in [-0.05, 0) is 50.1 Å². The van der Waals surface area contributed by atoms with E-state index in [0.717, 1.165) is 0 Å². The first-order valence-electron chi connectivity index (χ1n) is 9.66. The molecule has 4 aromatic rings. The van der Waals surface area contributed by atoms with Crippen LogP contribution in [0.5, 0.6) is 0 Å². The second-order valence-corrected chi connectivity index (χ2v) is 10.2. The SMILES string of the molecule is c1ccc2c(c1)-c1cccc3c1C2SSC31c2ccccc2-c2ccccc21. The van der Waals surface area contributed by atoms with Crippen molar-refractivity contribution in [3.63, 3.8) is 0 Å². The van der Waals surface area contributed by atoms with Gasteiger partial charge in [-0.2, -0.15) is 0 Å². The average Bonchev–Trinajstić information content (AvgIpc) is 3.24. The van der Waals surface area contributed by atoms with E-state index >= 15 is 0 Å². The van der Waals surface area contributed by atoms with Crippen LogP contribution in [0.2, 0.25) is 0 Å². The van der Waals surface area contributed by atoms with Gasteiger partial charge in [0.25, 0.3) is 0 Å². The van der Waals surface area contributed by atoms with Crippen LogP contribution in [0, 0.1) is 0 Å². The molecule has 0 nitrogen and oxygen atoms in total. The Morgan fingerprint density at radius 2 is 1.11 bits per heavy atom. The number of benzene rings is 4. The minimum Gasteiger partial charge on any atom is -0.0794 e. The van der Waals surface area contributed by atoms with Gasteiger partial charge in [-0.3, -0.25) is 0 Å². The highest BCUT2D eigenvalue weighted by Gasteiger charge is 2.52. The summed E-state index contributed by atoms with van der Waals surface area (Å²) >= 11 is 0. The lowest BCUT2D eigenvalue weighted by atomic mass is 9.83. The molecule has 28 heavy (non-hydrogen) atoms. The normalized spacial score (nSPS) is 19.1. The van der Waals surface area contributed by atoms with Gasteiger partial charge in [-0.15, -0.1) is 0 Å². The van der Waals surface area contributed by atoms with E-state index in [1.807, 2.05) is 21.6 Å². The van der Waals surface area contributed by atoms with Crippen LogP contribution >= 0.6 is 21.6 Å². The van der Waals surface area contributed by atoms with Crippen molar-refractivity contribution in [2.75, 3.05) is 0 Å². The number of hydrogen-bond donors (Lipinski definition) is 0. The summed E-state index contributed by atoms with van der Waals surface area (Å²) in [5.74, 6) is 0. The first kappa shape index (κ1) is 15.5. The summed E-state index contributed by atoms with van der Waals surface area (Å²) in [6, 6.07) is 33.9. The molecule has 1 heterocycles. The summed E-state index contributed by atoms with van der Waals surface area (Å²) in [5, 5.41) is 0.429. The zero-order chi connectivity index (χ0) is 18.3.